The van der Waals surface area contributed by atoms with E-state index in [4.69, 9.17) is 0 Å². The molecule has 0 heterocycles. The van der Waals surface area contributed by atoms with Gasteiger partial charge in [0.25, 0.3) is 0 Å². The smallest absolute Gasteiger partial charge is 0.218 e. The van der Waals surface area contributed by atoms with Gasteiger partial charge in [0.15, 0.2) is 0 Å². The summed E-state index contributed by atoms with van der Waals surface area (Å²) in [6.07, 6.45) is 1.76. The van der Waals surface area contributed by atoms with Gasteiger partial charge in [-0.25, -0.2) is 0 Å². The molecule has 1 unspecified atom stereocenters. The van der Waals surface area contributed by atoms with Crippen LogP contribution in [0.5, 0.6) is 0 Å². The Morgan fingerprint density at radius 1 is 1.36 bits per heavy atom. The van der Waals surface area contributed by atoms with Crippen LogP contribution in [0.4, 0.5) is 0 Å². The third-order valence-electron chi connectivity index (χ3n) is 1.69. The van der Waals surface area contributed by atoms with E-state index in [0.29, 0.717) is 0 Å². The minimum Gasteiger partial charge on any atom is -0.305 e. The average molecular weight is 163 g/mol. The summed E-state index contributed by atoms with van der Waals surface area (Å²) in [6.45, 7) is 3.64. The topological polar surface area (TPSA) is 19.9 Å². The van der Waals surface area contributed by atoms with E-state index in [-0.39, 0.29) is 5.54 Å². The van der Waals surface area contributed by atoms with Crippen LogP contribution in [0.1, 0.15) is 11.1 Å². The van der Waals surface area contributed by atoms with Gasteiger partial charge in [0.1, 0.15) is 0 Å². The van der Waals surface area contributed by atoms with Crippen molar-refractivity contribution >= 4 is 9.76 Å². The summed E-state index contributed by atoms with van der Waals surface area (Å²) < 4.78 is 0. The van der Waals surface area contributed by atoms with Gasteiger partial charge >= 0.3 is 0 Å². The molecule has 0 aliphatic carbocycles. The molecule has 1 nitrogen and oxygen atoms in total. The first-order valence-corrected chi connectivity index (χ1v) is 5.03. The highest BCUT2D eigenvalue weighted by Gasteiger charge is 2.05. The second kappa shape index (κ2) is 4.11. The molecule has 0 amide bonds. The van der Waals surface area contributed by atoms with Gasteiger partial charge in [-0.05, 0) is 5.56 Å². The van der Waals surface area contributed by atoms with Crippen molar-refractivity contribution in [2.75, 3.05) is 0 Å². The Hall–Kier alpha value is -0.863. The lowest BCUT2D eigenvalue weighted by molar-refractivity contribution is 0.467. The van der Waals surface area contributed by atoms with E-state index in [1.807, 2.05) is 30.3 Å². The van der Waals surface area contributed by atoms with Gasteiger partial charge < -0.3 is 4.80 Å². The molecule has 11 heavy (non-hydrogen) atoms. The van der Waals surface area contributed by atoms with Gasteiger partial charge in [-0.2, -0.15) is 0 Å². The van der Waals surface area contributed by atoms with Crippen molar-refractivity contribution in [1.82, 2.24) is 0 Å². The molecule has 0 saturated heterocycles. The standard InChI is InChI=1S/C9H11OSi/c1-2-9(11-10)8-6-4-3-5-7-8/h2-7,9H,1,11H2. The van der Waals surface area contributed by atoms with Crippen LogP contribution in [0.3, 0.4) is 0 Å². The Morgan fingerprint density at radius 3 is 2.45 bits per heavy atom. The quantitative estimate of drug-likeness (QED) is 0.474. The lowest BCUT2D eigenvalue weighted by atomic mass is 10.1. The molecule has 1 rings (SSSR count). The van der Waals surface area contributed by atoms with Crippen LogP contribution in [-0.2, 0) is 4.80 Å². The molecule has 0 aliphatic rings. The van der Waals surface area contributed by atoms with Crippen molar-refractivity contribution in [1.29, 1.82) is 0 Å². The van der Waals surface area contributed by atoms with Crippen molar-refractivity contribution in [2.24, 2.45) is 0 Å². The molecule has 0 fully saturated rings. The predicted octanol–water partition coefficient (Wildman–Crippen LogP) is 1.43. The van der Waals surface area contributed by atoms with Crippen LogP contribution in [0.2, 0.25) is 0 Å². The van der Waals surface area contributed by atoms with Crippen LogP contribution < -0.4 is 0 Å². The Balaban J connectivity index is 2.82. The summed E-state index contributed by atoms with van der Waals surface area (Å²) in [7, 11) is -1.24. The molecule has 0 bridgehead atoms. The van der Waals surface area contributed by atoms with E-state index in [9.17, 15) is 4.80 Å². The monoisotopic (exact) mass is 163 g/mol. The third-order valence-corrected chi connectivity index (χ3v) is 2.86. The van der Waals surface area contributed by atoms with Gasteiger partial charge in [0, 0.05) is 5.54 Å². The first-order valence-electron chi connectivity index (χ1n) is 3.64. The zero-order valence-electron chi connectivity index (χ0n) is 6.36. The highest BCUT2D eigenvalue weighted by Crippen LogP contribution is 2.13. The zero-order chi connectivity index (χ0) is 8.10. The summed E-state index contributed by atoms with van der Waals surface area (Å²) in [4.78, 5) is 10.7. The first-order chi connectivity index (χ1) is 5.38. The van der Waals surface area contributed by atoms with Gasteiger partial charge in [-0.1, -0.05) is 36.4 Å². The zero-order valence-corrected chi connectivity index (χ0v) is 7.78. The van der Waals surface area contributed by atoms with Crippen LogP contribution in [0, 0.1) is 0 Å². The highest BCUT2D eigenvalue weighted by molar-refractivity contribution is 6.28. The van der Waals surface area contributed by atoms with E-state index in [1.165, 1.54) is 0 Å². The molecule has 0 aromatic heterocycles. The number of benzene rings is 1. The minimum absolute atomic E-state index is 0.108. The third kappa shape index (κ3) is 2.03. The molecule has 57 valence electrons. The van der Waals surface area contributed by atoms with Crippen LogP contribution in [0.15, 0.2) is 43.0 Å². The van der Waals surface area contributed by atoms with E-state index in [2.05, 4.69) is 6.58 Å². The van der Waals surface area contributed by atoms with Gasteiger partial charge in [0.05, 0.1) is 0 Å². The molecule has 2 heteroatoms. The fourth-order valence-corrected chi connectivity index (χ4v) is 1.60. The van der Waals surface area contributed by atoms with Crippen LogP contribution >= 0.6 is 0 Å². The first kappa shape index (κ1) is 8.24. The molecule has 0 spiro atoms. The Bertz CT molecular complexity index is 220. The van der Waals surface area contributed by atoms with Gasteiger partial charge in [-0.3, -0.25) is 0 Å². The molecule has 0 aliphatic heterocycles. The fraction of sp³-hybridized carbons (Fsp3) is 0.111. The largest absolute Gasteiger partial charge is 0.305 e. The maximum Gasteiger partial charge on any atom is 0.218 e. The van der Waals surface area contributed by atoms with E-state index >= 15 is 0 Å². The maximum atomic E-state index is 10.7. The molecule has 1 aromatic carbocycles. The number of rotatable bonds is 3. The summed E-state index contributed by atoms with van der Waals surface area (Å²) in [5, 5.41) is 0. The summed E-state index contributed by atoms with van der Waals surface area (Å²) in [5.74, 6) is 0. The average Bonchev–Trinajstić information content (AvgIpc) is 2.09. The Kier molecular flexibility index (Phi) is 3.07. The van der Waals surface area contributed by atoms with Crippen LogP contribution in [0.25, 0.3) is 0 Å². The van der Waals surface area contributed by atoms with E-state index in [1.54, 1.807) is 6.08 Å². The number of hydrogen-bond donors (Lipinski definition) is 0. The van der Waals surface area contributed by atoms with Crippen molar-refractivity contribution in [3.8, 4) is 0 Å². The second-order valence-corrected chi connectivity index (χ2v) is 3.63. The Morgan fingerprint density at radius 2 is 2.00 bits per heavy atom. The van der Waals surface area contributed by atoms with Crippen molar-refractivity contribution < 1.29 is 4.80 Å². The van der Waals surface area contributed by atoms with E-state index in [0.717, 1.165) is 5.56 Å². The van der Waals surface area contributed by atoms with Crippen molar-refractivity contribution in [3.63, 3.8) is 0 Å². The normalized spacial score (nSPS) is 13.5. The fourth-order valence-electron chi connectivity index (χ4n) is 1.00. The summed E-state index contributed by atoms with van der Waals surface area (Å²) in [5.41, 5.74) is 1.22. The second-order valence-electron chi connectivity index (χ2n) is 2.42. The molecular formula is C9H11OSi. The van der Waals surface area contributed by atoms with Crippen LogP contribution in [-0.4, -0.2) is 9.76 Å². The summed E-state index contributed by atoms with van der Waals surface area (Å²) in [6, 6.07) is 9.83. The highest BCUT2D eigenvalue weighted by atomic mass is 28.2. The van der Waals surface area contributed by atoms with Crippen molar-refractivity contribution in [2.45, 2.75) is 5.54 Å². The number of allylic oxidation sites excluding steroid dienone is 1. The van der Waals surface area contributed by atoms with Gasteiger partial charge in [-0.15, -0.1) is 6.58 Å². The Labute approximate surface area is 69.3 Å². The lowest BCUT2D eigenvalue weighted by Crippen LogP contribution is -2.02. The van der Waals surface area contributed by atoms with E-state index < -0.39 is 9.76 Å². The SMILES string of the molecule is C=CC([SiH2][O])c1ccccc1. The molecule has 1 atom stereocenters. The predicted molar refractivity (Wildman–Crippen MR) is 48.6 cm³/mol. The molecule has 1 radical (unpaired) electrons. The van der Waals surface area contributed by atoms with Crippen molar-refractivity contribution in [3.05, 3.63) is 48.6 Å². The molecular weight excluding hydrogens is 152 g/mol. The minimum atomic E-state index is -1.24. The molecule has 0 N–H and O–H groups in total. The van der Waals surface area contributed by atoms with Gasteiger partial charge in [0.2, 0.25) is 9.76 Å². The lowest BCUT2D eigenvalue weighted by Gasteiger charge is -2.05. The molecule has 0 saturated carbocycles. The maximum absolute atomic E-state index is 10.7. The summed E-state index contributed by atoms with van der Waals surface area (Å²) >= 11 is 0. The number of hydrogen-bond acceptors (Lipinski definition) is 0. The molecule has 1 aromatic rings.